The van der Waals surface area contributed by atoms with E-state index in [9.17, 15) is 9.59 Å². The van der Waals surface area contributed by atoms with Crippen molar-refractivity contribution in [1.29, 1.82) is 0 Å². The van der Waals surface area contributed by atoms with Crippen LogP contribution in [0.25, 0.3) is 6.08 Å². The second kappa shape index (κ2) is 10.7. The van der Waals surface area contributed by atoms with E-state index in [0.717, 1.165) is 5.56 Å². The third-order valence-corrected chi connectivity index (χ3v) is 5.15. The fraction of sp³-hybridized carbons (Fsp3) is 0.200. The third kappa shape index (κ3) is 6.01. The van der Waals surface area contributed by atoms with Gasteiger partial charge >= 0.3 is 11.9 Å². The van der Waals surface area contributed by atoms with Crippen molar-refractivity contribution in [3.63, 3.8) is 0 Å². The van der Waals surface area contributed by atoms with E-state index in [-0.39, 0.29) is 12.2 Å². The average Bonchev–Trinajstić information content (AvgIpc) is 2.70. The van der Waals surface area contributed by atoms with Crippen LogP contribution in [0.2, 0.25) is 10.0 Å². The van der Waals surface area contributed by atoms with Crippen LogP contribution in [0.15, 0.2) is 35.9 Å². The number of hydrogen-bond donors (Lipinski definition) is 0. The highest BCUT2D eigenvalue weighted by Crippen LogP contribution is 2.36. The molecule has 0 atom stereocenters. The maximum absolute atomic E-state index is 11.9. The quantitative estimate of drug-likeness (QED) is 0.160. The highest BCUT2D eigenvalue weighted by molar-refractivity contribution is 14.1. The molecule has 0 fully saturated rings. The fourth-order valence-electron chi connectivity index (χ4n) is 2.34. The van der Waals surface area contributed by atoms with Crippen LogP contribution in [0.5, 0.6) is 11.5 Å². The Bertz CT molecular complexity index is 940. The molecule has 0 spiro atoms. The van der Waals surface area contributed by atoms with Gasteiger partial charge in [-0.05, 0) is 58.5 Å². The molecule has 0 aliphatic carbocycles. The molecule has 2 aromatic rings. The average molecular weight is 551 g/mol. The van der Waals surface area contributed by atoms with Crippen molar-refractivity contribution >= 4 is 63.8 Å². The number of benzene rings is 2. The number of esters is 2. The minimum Gasteiger partial charge on any atom is -0.493 e. The molecule has 2 aromatic carbocycles. The summed E-state index contributed by atoms with van der Waals surface area (Å²) in [5.41, 5.74) is 1.06. The van der Waals surface area contributed by atoms with Crippen molar-refractivity contribution in [2.75, 3.05) is 21.3 Å². The zero-order valence-electron chi connectivity index (χ0n) is 15.8. The Morgan fingerprint density at radius 1 is 1.03 bits per heavy atom. The van der Waals surface area contributed by atoms with Crippen LogP contribution in [-0.4, -0.2) is 33.3 Å². The van der Waals surface area contributed by atoms with Crippen LogP contribution < -0.4 is 9.47 Å². The van der Waals surface area contributed by atoms with Gasteiger partial charge in [-0.3, -0.25) is 0 Å². The number of carbonyl (C=O) groups is 2. The molecule has 0 saturated heterocycles. The van der Waals surface area contributed by atoms with Crippen molar-refractivity contribution in [2.45, 2.75) is 6.61 Å². The van der Waals surface area contributed by atoms with Gasteiger partial charge in [0.05, 0.1) is 24.9 Å². The van der Waals surface area contributed by atoms with Gasteiger partial charge in [-0.2, -0.15) is 0 Å². The SMILES string of the molecule is COC(=O)C(=Cc1cc(I)c(OCc2ccc(Cl)cc2Cl)c(OC)c1)C(=O)OC. The topological polar surface area (TPSA) is 71.1 Å². The van der Waals surface area contributed by atoms with E-state index >= 15 is 0 Å². The number of ether oxygens (including phenoxy) is 4. The molecule has 0 bridgehead atoms. The number of carbonyl (C=O) groups excluding carboxylic acids is 2. The van der Waals surface area contributed by atoms with Crippen molar-refractivity contribution in [3.8, 4) is 11.5 Å². The Kier molecular flexibility index (Phi) is 8.60. The van der Waals surface area contributed by atoms with Crippen LogP contribution in [0.4, 0.5) is 0 Å². The fourth-order valence-corrected chi connectivity index (χ4v) is 3.58. The summed E-state index contributed by atoms with van der Waals surface area (Å²) in [7, 11) is 3.85. The van der Waals surface area contributed by atoms with E-state index in [0.29, 0.717) is 30.7 Å². The van der Waals surface area contributed by atoms with Gasteiger partial charge in [0.2, 0.25) is 0 Å². The van der Waals surface area contributed by atoms with E-state index in [4.69, 9.17) is 32.7 Å². The van der Waals surface area contributed by atoms with Gasteiger partial charge in [0.15, 0.2) is 11.5 Å². The molecule has 6 nitrogen and oxygen atoms in total. The van der Waals surface area contributed by atoms with E-state index in [1.54, 1.807) is 30.3 Å². The minimum absolute atomic E-state index is 0.202. The highest BCUT2D eigenvalue weighted by Gasteiger charge is 2.21. The van der Waals surface area contributed by atoms with E-state index in [1.807, 2.05) is 0 Å². The summed E-state index contributed by atoms with van der Waals surface area (Å²) in [6.07, 6.45) is 1.36. The summed E-state index contributed by atoms with van der Waals surface area (Å²) in [4.78, 5) is 23.7. The summed E-state index contributed by atoms with van der Waals surface area (Å²) in [6, 6.07) is 8.50. The number of hydrogen-bond acceptors (Lipinski definition) is 6. The molecule has 0 amide bonds. The number of rotatable bonds is 7. The predicted octanol–water partition coefficient (Wildman–Crippen LogP) is 4.92. The van der Waals surface area contributed by atoms with Gasteiger partial charge in [-0.25, -0.2) is 9.59 Å². The summed E-state index contributed by atoms with van der Waals surface area (Å²) < 4.78 is 21.3. The Labute approximate surface area is 191 Å². The lowest BCUT2D eigenvalue weighted by Crippen LogP contribution is -2.15. The molecule has 0 saturated carbocycles. The van der Waals surface area contributed by atoms with Crippen LogP contribution in [0.1, 0.15) is 11.1 Å². The van der Waals surface area contributed by atoms with Crippen LogP contribution in [-0.2, 0) is 25.7 Å². The van der Waals surface area contributed by atoms with Gasteiger partial charge in [0, 0.05) is 15.6 Å². The lowest BCUT2D eigenvalue weighted by atomic mass is 10.1. The lowest BCUT2D eigenvalue weighted by molar-refractivity contribution is -0.143. The molecular formula is C20H17Cl2IO6. The Morgan fingerprint density at radius 3 is 2.24 bits per heavy atom. The van der Waals surface area contributed by atoms with Crippen LogP contribution in [0.3, 0.4) is 0 Å². The molecule has 0 radical (unpaired) electrons. The summed E-state index contributed by atoms with van der Waals surface area (Å²) in [6.45, 7) is 0.202. The molecule has 0 heterocycles. The molecule has 154 valence electrons. The predicted molar refractivity (Wildman–Crippen MR) is 119 cm³/mol. The zero-order valence-corrected chi connectivity index (χ0v) is 19.4. The first-order chi connectivity index (χ1) is 13.8. The van der Waals surface area contributed by atoms with Gasteiger partial charge in [0.1, 0.15) is 12.2 Å². The van der Waals surface area contributed by atoms with Gasteiger partial charge < -0.3 is 18.9 Å². The van der Waals surface area contributed by atoms with E-state index in [2.05, 4.69) is 32.1 Å². The van der Waals surface area contributed by atoms with Crippen molar-refractivity contribution < 1.29 is 28.5 Å². The third-order valence-electron chi connectivity index (χ3n) is 3.76. The molecular weight excluding hydrogens is 534 g/mol. The number of methoxy groups -OCH3 is 3. The maximum atomic E-state index is 11.9. The molecule has 2 rings (SSSR count). The smallest absolute Gasteiger partial charge is 0.345 e. The van der Waals surface area contributed by atoms with E-state index in [1.165, 1.54) is 27.4 Å². The standard InChI is InChI=1S/C20H17Cl2IO6/c1-26-17-8-11(6-14(19(24)27-2)20(25)28-3)7-16(23)18(17)29-10-12-4-5-13(21)9-15(12)22/h4-9H,10H2,1-3H3. The first-order valence-corrected chi connectivity index (χ1v) is 9.96. The van der Waals surface area contributed by atoms with Gasteiger partial charge in [-0.1, -0.05) is 29.3 Å². The summed E-state index contributed by atoms with van der Waals surface area (Å²) in [5.74, 6) is -0.691. The molecule has 0 N–H and O–H groups in total. The van der Waals surface area contributed by atoms with Crippen molar-refractivity contribution in [2.24, 2.45) is 0 Å². The summed E-state index contributed by atoms with van der Waals surface area (Å²) >= 11 is 14.2. The maximum Gasteiger partial charge on any atom is 0.345 e. The van der Waals surface area contributed by atoms with Crippen LogP contribution in [0, 0.1) is 3.57 Å². The largest absolute Gasteiger partial charge is 0.493 e. The number of halogens is 3. The molecule has 0 aliphatic rings. The Balaban J connectivity index is 2.36. The normalized spacial score (nSPS) is 10.1. The molecule has 9 heteroatoms. The first-order valence-electron chi connectivity index (χ1n) is 8.13. The molecule has 0 unspecified atom stereocenters. The minimum atomic E-state index is -0.802. The monoisotopic (exact) mass is 550 g/mol. The molecule has 0 aromatic heterocycles. The zero-order chi connectivity index (χ0) is 21.6. The molecule has 29 heavy (non-hydrogen) atoms. The molecule has 0 aliphatic heterocycles. The lowest BCUT2D eigenvalue weighted by Gasteiger charge is -2.14. The Hall–Kier alpha value is -1.97. The summed E-state index contributed by atoms with van der Waals surface area (Å²) in [5, 5.41) is 1.03. The van der Waals surface area contributed by atoms with Crippen molar-refractivity contribution in [1.82, 2.24) is 0 Å². The highest BCUT2D eigenvalue weighted by atomic mass is 127. The van der Waals surface area contributed by atoms with Crippen LogP contribution >= 0.6 is 45.8 Å². The second-order valence-electron chi connectivity index (χ2n) is 5.60. The van der Waals surface area contributed by atoms with Gasteiger partial charge in [0.25, 0.3) is 0 Å². The van der Waals surface area contributed by atoms with Crippen molar-refractivity contribution in [3.05, 3.63) is 60.6 Å². The second-order valence-corrected chi connectivity index (χ2v) is 7.61. The first kappa shape index (κ1) is 23.3. The Morgan fingerprint density at radius 2 is 1.69 bits per heavy atom. The van der Waals surface area contributed by atoms with Gasteiger partial charge in [-0.15, -0.1) is 0 Å². The van der Waals surface area contributed by atoms with E-state index < -0.39 is 11.9 Å².